The second kappa shape index (κ2) is 7.88. The molecule has 1 heterocycles. The summed E-state index contributed by atoms with van der Waals surface area (Å²) in [5.41, 5.74) is 8.98. The van der Waals surface area contributed by atoms with Crippen LogP contribution in [-0.2, 0) is 0 Å². The number of nitrogens with one attached hydrogen (secondary N) is 1. The van der Waals surface area contributed by atoms with Gasteiger partial charge in [0.15, 0.2) is 5.96 Å². The summed E-state index contributed by atoms with van der Waals surface area (Å²) in [6.07, 6.45) is 2.06. The molecule has 0 aliphatic carbocycles. The van der Waals surface area contributed by atoms with E-state index >= 15 is 0 Å². The van der Waals surface area contributed by atoms with Crippen molar-refractivity contribution in [3.8, 4) is 17.2 Å². The highest BCUT2D eigenvalue weighted by Crippen LogP contribution is 2.30. The minimum atomic E-state index is -0.197. The van der Waals surface area contributed by atoms with Crippen LogP contribution in [0, 0.1) is 0 Å². The first kappa shape index (κ1) is 17.7. The zero-order valence-electron chi connectivity index (χ0n) is 15.5. The normalized spacial score (nSPS) is 15.8. The summed E-state index contributed by atoms with van der Waals surface area (Å²) in [5.74, 6) is 2.75. The molecule has 1 aliphatic rings. The molecule has 3 aromatic carbocycles. The summed E-state index contributed by atoms with van der Waals surface area (Å²) >= 11 is 0. The molecule has 0 saturated heterocycles. The van der Waals surface area contributed by atoms with Crippen molar-refractivity contribution in [1.29, 1.82) is 0 Å². The summed E-state index contributed by atoms with van der Waals surface area (Å²) in [7, 11) is 1.65. The zero-order valence-corrected chi connectivity index (χ0v) is 15.5. The highest BCUT2D eigenvalue weighted by molar-refractivity contribution is 5.90. The lowest BCUT2D eigenvalue weighted by atomic mass is 10.0. The van der Waals surface area contributed by atoms with E-state index in [0.717, 1.165) is 34.1 Å². The number of ether oxygens (including phenoxy) is 2. The van der Waals surface area contributed by atoms with Crippen LogP contribution in [0.1, 0.15) is 17.2 Å². The zero-order chi connectivity index (χ0) is 19.3. The van der Waals surface area contributed by atoms with Gasteiger partial charge < -0.3 is 20.5 Å². The maximum absolute atomic E-state index is 6.05. The smallest absolute Gasteiger partial charge is 0.194 e. The number of hydrogen-bond acceptors (Lipinski definition) is 5. The Morgan fingerprint density at radius 1 is 0.857 bits per heavy atom. The monoisotopic (exact) mass is 371 g/mol. The van der Waals surface area contributed by atoms with Gasteiger partial charge in [-0.3, -0.25) is 0 Å². The Kier molecular flexibility index (Phi) is 4.97. The Morgan fingerprint density at radius 2 is 1.61 bits per heavy atom. The maximum Gasteiger partial charge on any atom is 0.194 e. The molecule has 1 aliphatic heterocycles. The first-order valence-electron chi connectivity index (χ1n) is 9.01. The molecule has 5 nitrogen and oxygen atoms in total. The molecule has 0 bridgehead atoms. The molecule has 1 unspecified atom stereocenters. The predicted octanol–water partition coefficient (Wildman–Crippen LogP) is 4.49. The van der Waals surface area contributed by atoms with Gasteiger partial charge in [-0.05, 0) is 65.7 Å². The molecule has 1 atom stereocenters. The Bertz CT molecular complexity index is 1010. The van der Waals surface area contributed by atoms with Gasteiger partial charge in [-0.2, -0.15) is 0 Å². The van der Waals surface area contributed by atoms with Crippen LogP contribution in [0.5, 0.6) is 17.2 Å². The summed E-state index contributed by atoms with van der Waals surface area (Å²) in [5, 5.41) is 3.14. The van der Waals surface area contributed by atoms with E-state index in [1.54, 1.807) is 7.11 Å². The molecule has 0 spiro atoms. The number of aliphatic imine (C=N–C) groups is 1. The molecule has 28 heavy (non-hydrogen) atoms. The lowest BCUT2D eigenvalue weighted by Crippen LogP contribution is -2.33. The molecular weight excluding hydrogens is 350 g/mol. The Labute approximate surface area is 164 Å². The van der Waals surface area contributed by atoms with Crippen molar-refractivity contribution >= 4 is 11.7 Å². The fourth-order valence-corrected chi connectivity index (χ4v) is 3.05. The Balaban J connectivity index is 1.61. The van der Waals surface area contributed by atoms with Crippen molar-refractivity contribution in [2.75, 3.05) is 7.11 Å². The van der Waals surface area contributed by atoms with E-state index < -0.39 is 0 Å². The predicted molar refractivity (Wildman–Crippen MR) is 111 cm³/mol. The van der Waals surface area contributed by atoms with Gasteiger partial charge in [0, 0.05) is 5.70 Å². The van der Waals surface area contributed by atoms with Gasteiger partial charge in [-0.25, -0.2) is 4.99 Å². The van der Waals surface area contributed by atoms with Crippen molar-refractivity contribution < 1.29 is 9.47 Å². The molecule has 0 aromatic heterocycles. The molecule has 5 heteroatoms. The minimum absolute atomic E-state index is 0.197. The van der Waals surface area contributed by atoms with Gasteiger partial charge >= 0.3 is 0 Å². The van der Waals surface area contributed by atoms with Crippen molar-refractivity contribution in [2.45, 2.75) is 6.04 Å². The van der Waals surface area contributed by atoms with Crippen LogP contribution in [0.15, 0.2) is 89.9 Å². The Hall–Kier alpha value is -3.73. The standard InChI is InChI=1S/C23H21N3O2/c1-27-18-12-10-16(11-13-18)21-15-22(26-23(24)25-21)17-6-5-9-20(14-17)28-19-7-3-2-4-8-19/h2-15,22H,1H3,(H3,24,25,26). The second-order valence-corrected chi connectivity index (χ2v) is 6.38. The van der Waals surface area contributed by atoms with Crippen molar-refractivity contribution in [3.05, 3.63) is 96.1 Å². The molecule has 0 fully saturated rings. The summed E-state index contributed by atoms with van der Waals surface area (Å²) in [6.45, 7) is 0. The highest BCUT2D eigenvalue weighted by Gasteiger charge is 2.17. The summed E-state index contributed by atoms with van der Waals surface area (Å²) in [4.78, 5) is 4.54. The van der Waals surface area contributed by atoms with Gasteiger partial charge in [-0.15, -0.1) is 0 Å². The fourth-order valence-electron chi connectivity index (χ4n) is 3.05. The molecular formula is C23H21N3O2. The van der Waals surface area contributed by atoms with Crippen LogP contribution >= 0.6 is 0 Å². The van der Waals surface area contributed by atoms with Crippen molar-refractivity contribution in [3.63, 3.8) is 0 Å². The van der Waals surface area contributed by atoms with Crippen molar-refractivity contribution in [2.24, 2.45) is 10.7 Å². The van der Waals surface area contributed by atoms with Crippen molar-refractivity contribution in [1.82, 2.24) is 5.32 Å². The summed E-state index contributed by atoms with van der Waals surface area (Å²) in [6, 6.07) is 25.2. The topological polar surface area (TPSA) is 68.9 Å². The fraction of sp³-hybridized carbons (Fsp3) is 0.0870. The molecule has 4 rings (SSSR count). The number of benzene rings is 3. The van der Waals surface area contributed by atoms with Gasteiger partial charge in [-0.1, -0.05) is 30.3 Å². The average molecular weight is 371 g/mol. The number of nitrogens with zero attached hydrogens (tertiary/aromatic N) is 1. The van der Waals surface area contributed by atoms with Crippen LogP contribution in [-0.4, -0.2) is 13.1 Å². The number of rotatable bonds is 5. The van der Waals surface area contributed by atoms with Crippen LogP contribution in [0.25, 0.3) is 5.70 Å². The van der Waals surface area contributed by atoms with Gasteiger partial charge in [0.1, 0.15) is 17.2 Å². The van der Waals surface area contributed by atoms with E-state index in [1.807, 2.05) is 78.9 Å². The number of nitrogens with two attached hydrogens (primary N) is 1. The lowest BCUT2D eigenvalue weighted by Gasteiger charge is -2.21. The van der Waals surface area contributed by atoms with Gasteiger partial charge in [0.05, 0.1) is 13.2 Å². The second-order valence-electron chi connectivity index (χ2n) is 6.38. The van der Waals surface area contributed by atoms with E-state index in [1.165, 1.54) is 0 Å². The first-order valence-corrected chi connectivity index (χ1v) is 9.01. The van der Waals surface area contributed by atoms with Crippen LogP contribution < -0.4 is 20.5 Å². The van der Waals surface area contributed by atoms with Crippen LogP contribution in [0.3, 0.4) is 0 Å². The number of guanidine groups is 1. The SMILES string of the molecule is COc1ccc(C2=CC(c3cccc(Oc4ccccc4)c3)N=C(N)N2)cc1. The Morgan fingerprint density at radius 3 is 2.36 bits per heavy atom. The lowest BCUT2D eigenvalue weighted by molar-refractivity contribution is 0.415. The molecule has 0 saturated carbocycles. The molecule has 140 valence electrons. The van der Waals surface area contributed by atoms with Gasteiger partial charge in [0.2, 0.25) is 0 Å². The number of para-hydroxylation sites is 1. The van der Waals surface area contributed by atoms with Crippen LogP contribution in [0.4, 0.5) is 0 Å². The third-order valence-electron chi connectivity index (χ3n) is 4.44. The van der Waals surface area contributed by atoms with E-state index in [-0.39, 0.29) is 6.04 Å². The molecule has 0 amide bonds. The van der Waals surface area contributed by atoms with E-state index in [9.17, 15) is 0 Å². The van der Waals surface area contributed by atoms with Gasteiger partial charge in [0.25, 0.3) is 0 Å². The average Bonchev–Trinajstić information content (AvgIpc) is 2.74. The molecule has 3 aromatic rings. The largest absolute Gasteiger partial charge is 0.497 e. The molecule has 0 radical (unpaired) electrons. The number of methoxy groups -OCH3 is 1. The van der Waals surface area contributed by atoms with E-state index in [4.69, 9.17) is 15.2 Å². The summed E-state index contributed by atoms with van der Waals surface area (Å²) < 4.78 is 11.2. The van der Waals surface area contributed by atoms with E-state index in [0.29, 0.717) is 5.96 Å². The third-order valence-corrected chi connectivity index (χ3v) is 4.44. The molecule has 3 N–H and O–H groups in total. The van der Waals surface area contributed by atoms with E-state index in [2.05, 4.69) is 16.4 Å². The van der Waals surface area contributed by atoms with Crippen LogP contribution in [0.2, 0.25) is 0 Å². The minimum Gasteiger partial charge on any atom is -0.497 e. The highest BCUT2D eigenvalue weighted by atomic mass is 16.5. The quantitative estimate of drug-likeness (QED) is 0.693. The first-order chi connectivity index (χ1) is 13.7. The third kappa shape index (κ3) is 3.99. The number of hydrogen-bond donors (Lipinski definition) is 2. The maximum atomic E-state index is 6.05.